The molecule has 0 rings (SSSR count). The van der Waals surface area contributed by atoms with E-state index >= 15 is 0 Å². The Kier molecular flexibility index (Phi) is 51.7. The average Bonchev–Trinajstić information content (AvgIpc) is 3.43. The van der Waals surface area contributed by atoms with E-state index in [1.807, 2.05) is 0 Å². The average molecular weight is 1120 g/mol. The molecular formula is C62H120O16. The van der Waals surface area contributed by atoms with E-state index in [4.69, 9.17) is 37.9 Å². The highest BCUT2D eigenvalue weighted by atomic mass is 16.6. The number of hydrogen-bond acceptors (Lipinski definition) is 16. The van der Waals surface area contributed by atoms with Crippen molar-refractivity contribution in [3.8, 4) is 0 Å². The number of ether oxygens (including phenoxy) is 8. The van der Waals surface area contributed by atoms with Crippen LogP contribution < -0.4 is 0 Å². The van der Waals surface area contributed by atoms with Crippen molar-refractivity contribution >= 4 is 17.9 Å². The van der Waals surface area contributed by atoms with Crippen LogP contribution in [0.25, 0.3) is 0 Å². The summed E-state index contributed by atoms with van der Waals surface area (Å²) >= 11 is 0. The molecule has 0 bridgehead atoms. The first-order valence-corrected chi connectivity index (χ1v) is 31.3. The summed E-state index contributed by atoms with van der Waals surface area (Å²) in [5.41, 5.74) is 0. The third-order valence-electron chi connectivity index (χ3n) is 15.4. The van der Waals surface area contributed by atoms with Crippen molar-refractivity contribution in [3.63, 3.8) is 0 Å². The minimum atomic E-state index is -0.931. The molecule has 0 aliphatic rings. The highest BCUT2D eigenvalue weighted by molar-refractivity contribution is 5.71. The van der Waals surface area contributed by atoms with Gasteiger partial charge in [-0.3, -0.25) is 14.4 Å². The molecule has 5 N–H and O–H groups in total. The summed E-state index contributed by atoms with van der Waals surface area (Å²) in [5.74, 6) is -1.27. The number of aliphatic hydroxyl groups excluding tert-OH is 5. The zero-order valence-electron chi connectivity index (χ0n) is 50.9. The maximum atomic E-state index is 13.0. The molecular weight excluding hydrogens is 1000 g/mol. The molecule has 0 aromatic carbocycles. The maximum absolute atomic E-state index is 13.0. The van der Waals surface area contributed by atoms with Crippen molar-refractivity contribution < 1.29 is 77.8 Å². The summed E-state index contributed by atoms with van der Waals surface area (Å²) in [7, 11) is 7.96. The lowest BCUT2D eigenvalue weighted by Gasteiger charge is -2.28. The van der Waals surface area contributed by atoms with Gasteiger partial charge in [-0.25, -0.2) is 0 Å². The van der Waals surface area contributed by atoms with Gasteiger partial charge in [0.25, 0.3) is 0 Å². The fourth-order valence-electron chi connectivity index (χ4n) is 10.2. The molecule has 0 saturated heterocycles. The molecule has 0 radical (unpaired) electrons. The number of hydrogen-bond donors (Lipinski definition) is 5. The molecule has 16 heteroatoms. The van der Waals surface area contributed by atoms with Crippen LogP contribution in [0.1, 0.15) is 265 Å². The number of unbranched alkanes of at least 4 members (excludes halogenated alkanes) is 21. The van der Waals surface area contributed by atoms with Crippen LogP contribution in [0.2, 0.25) is 0 Å². The lowest BCUT2D eigenvalue weighted by atomic mass is 9.96. The molecule has 10 atom stereocenters. The SMILES string of the molecule is CCCCCCCCC(O)C(CCCCCCCC(=O)OC(COC(=O)CCCCCCCC(OC)C(O)CC(OC)C(O)CCCCC)COC(=O)CCCCCCCC(OC)C(O)CC(OC)C(O)CCCCC)OC. The van der Waals surface area contributed by atoms with Crippen LogP contribution in [0.3, 0.4) is 0 Å². The molecule has 0 aliphatic carbocycles. The largest absolute Gasteiger partial charge is 0.462 e. The molecule has 0 aromatic heterocycles. The Balaban J connectivity index is 4.98. The van der Waals surface area contributed by atoms with Gasteiger partial charge in [0.05, 0.1) is 61.0 Å². The Bertz CT molecular complexity index is 1290. The van der Waals surface area contributed by atoms with Crippen LogP contribution >= 0.6 is 0 Å². The number of rotatable bonds is 58. The van der Waals surface area contributed by atoms with Gasteiger partial charge in [0.2, 0.25) is 0 Å². The summed E-state index contributed by atoms with van der Waals surface area (Å²) in [6, 6.07) is 0. The van der Waals surface area contributed by atoms with E-state index < -0.39 is 66.7 Å². The topological polar surface area (TPSA) is 226 Å². The number of carbonyl (C=O) groups excluding carboxylic acids is 3. The molecule has 78 heavy (non-hydrogen) atoms. The second kappa shape index (κ2) is 53.0. The summed E-state index contributed by atoms with van der Waals surface area (Å²) in [5, 5.41) is 53.6. The molecule has 0 heterocycles. The summed E-state index contributed by atoms with van der Waals surface area (Å²) in [6.07, 6.45) is 25.0. The van der Waals surface area contributed by atoms with Crippen LogP contribution in [0.4, 0.5) is 0 Å². The Morgan fingerprint density at radius 2 is 0.564 bits per heavy atom. The number of esters is 3. The second-order valence-corrected chi connectivity index (χ2v) is 22.1. The van der Waals surface area contributed by atoms with Gasteiger partial charge >= 0.3 is 17.9 Å². The molecule has 16 nitrogen and oxygen atoms in total. The van der Waals surface area contributed by atoms with E-state index in [-0.39, 0.29) is 50.8 Å². The standard InChI is InChI=1S/C62H120O16/c1-9-12-15-16-20-29-38-50(63)55(71-4)39-30-21-19-26-35-44-62(70)78-49(47-76-60(68)42-33-24-17-22-31-40-56(72-5)53(66)45-58(74-7)51(64)36-27-13-10-2)48-77-61(69)43-34-25-18-23-32-41-57(73-6)54(67)46-59(75-8)52(65)37-28-14-11-3/h49-59,63-67H,9-48H2,1-8H3. The quantitative estimate of drug-likeness (QED) is 0.0217. The summed E-state index contributed by atoms with van der Waals surface area (Å²) < 4.78 is 44.7. The highest BCUT2D eigenvalue weighted by Gasteiger charge is 2.29. The molecule has 0 aliphatic heterocycles. The van der Waals surface area contributed by atoms with E-state index in [0.717, 1.165) is 141 Å². The van der Waals surface area contributed by atoms with Gasteiger partial charge in [0.15, 0.2) is 6.10 Å². The molecule has 0 fully saturated rings. The third kappa shape index (κ3) is 41.1. The first kappa shape index (κ1) is 76.0. The van der Waals surface area contributed by atoms with Gasteiger partial charge in [0.1, 0.15) is 13.2 Å². The Labute approximate surface area is 474 Å². The molecule has 0 aromatic rings. The molecule has 0 amide bonds. The van der Waals surface area contributed by atoms with Crippen molar-refractivity contribution in [2.75, 3.05) is 48.8 Å². The normalized spacial score (nSPS) is 16.1. The van der Waals surface area contributed by atoms with Gasteiger partial charge in [-0.15, -0.1) is 0 Å². The molecule has 0 spiro atoms. The lowest BCUT2D eigenvalue weighted by Crippen LogP contribution is -2.37. The minimum absolute atomic E-state index is 0.167. The van der Waals surface area contributed by atoms with E-state index in [1.54, 1.807) is 35.5 Å². The van der Waals surface area contributed by atoms with Crippen molar-refractivity contribution in [1.82, 2.24) is 0 Å². The first-order chi connectivity index (χ1) is 37.7. The summed E-state index contributed by atoms with van der Waals surface area (Å²) in [6.45, 7) is 6.01. The summed E-state index contributed by atoms with van der Waals surface area (Å²) in [4.78, 5) is 38.7. The third-order valence-corrected chi connectivity index (χ3v) is 15.4. The number of methoxy groups -OCH3 is 5. The highest BCUT2D eigenvalue weighted by Crippen LogP contribution is 2.23. The minimum Gasteiger partial charge on any atom is -0.462 e. The van der Waals surface area contributed by atoms with Crippen LogP contribution in [0, 0.1) is 0 Å². The predicted molar refractivity (Wildman–Crippen MR) is 308 cm³/mol. The van der Waals surface area contributed by atoms with Crippen molar-refractivity contribution in [1.29, 1.82) is 0 Å². The van der Waals surface area contributed by atoms with Crippen LogP contribution in [0.5, 0.6) is 0 Å². The smallest absolute Gasteiger partial charge is 0.306 e. The fraction of sp³-hybridized carbons (Fsp3) is 0.952. The number of aliphatic hydroxyl groups is 5. The second-order valence-electron chi connectivity index (χ2n) is 22.1. The van der Waals surface area contributed by atoms with Gasteiger partial charge in [-0.05, 0) is 57.8 Å². The zero-order valence-corrected chi connectivity index (χ0v) is 50.9. The first-order valence-electron chi connectivity index (χ1n) is 31.3. The van der Waals surface area contributed by atoms with E-state index in [2.05, 4.69) is 20.8 Å². The van der Waals surface area contributed by atoms with Gasteiger partial charge < -0.3 is 63.4 Å². The van der Waals surface area contributed by atoms with Gasteiger partial charge in [0, 0.05) is 67.7 Å². The molecule has 10 unspecified atom stereocenters. The predicted octanol–water partition coefficient (Wildman–Crippen LogP) is 11.7. The Morgan fingerprint density at radius 3 is 0.910 bits per heavy atom. The fourth-order valence-corrected chi connectivity index (χ4v) is 10.2. The van der Waals surface area contributed by atoms with Crippen LogP contribution in [-0.4, -0.2) is 159 Å². The molecule has 464 valence electrons. The van der Waals surface area contributed by atoms with E-state index in [1.165, 1.54) is 25.7 Å². The number of carbonyl (C=O) groups is 3. The maximum Gasteiger partial charge on any atom is 0.306 e. The zero-order chi connectivity index (χ0) is 58.0. The monoisotopic (exact) mass is 1120 g/mol. The van der Waals surface area contributed by atoms with Crippen LogP contribution in [-0.2, 0) is 52.3 Å². The van der Waals surface area contributed by atoms with Crippen LogP contribution in [0.15, 0.2) is 0 Å². The van der Waals surface area contributed by atoms with Crippen molar-refractivity contribution in [2.45, 2.75) is 332 Å². The molecule has 0 saturated carbocycles. The lowest BCUT2D eigenvalue weighted by molar-refractivity contribution is -0.167. The van der Waals surface area contributed by atoms with Crippen molar-refractivity contribution in [3.05, 3.63) is 0 Å². The van der Waals surface area contributed by atoms with Gasteiger partial charge in [-0.2, -0.15) is 0 Å². The van der Waals surface area contributed by atoms with Gasteiger partial charge in [-0.1, -0.05) is 175 Å². The Hall–Kier alpha value is -1.99. The van der Waals surface area contributed by atoms with E-state index in [0.29, 0.717) is 57.8 Å². The van der Waals surface area contributed by atoms with Crippen molar-refractivity contribution in [2.24, 2.45) is 0 Å². The Morgan fingerprint density at radius 1 is 0.308 bits per heavy atom. The van der Waals surface area contributed by atoms with E-state index in [9.17, 15) is 39.9 Å².